The van der Waals surface area contributed by atoms with E-state index in [2.05, 4.69) is 15.2 Å². The number of aliphatic hydroxyl groups is 1. The number of amides is 2. The molecular formula is C48H58N4O8. The number of phenolic OH excluding ortho intramolecular Hbond substituents is 1. The highest BCUT2D eigenvalue weighted by atomic mass is 16.6. The van der Waals surface area contributed by atoms with Gasteiger partial charge in [0.05, 0.1) is 24.4 Å². The van der Waals surface area contributed by atoms with E-state index in [1.807, 2.05) is 72.8 Å². The van der Waals surface area contributed by atoms with Crippen molar-refractivity contribution in [1.82, 2.24) is 14.8 Å². The monoisotopic (exact) mass is 818 g/mol. The lowest BCUT2D eigenvalue weighted by Crippen LogP contribution is -2.40. The van der Waals surface area contributed by atoms with E-state index in [-0.39, 0.29) is 43.0 Å². The van der Waals surface area contributed by atoms with E-state index < -0.39 is 12.2 Å². The zero-order valence-electron chi connectivity index (χ0n) is 33.8. The molecule has 0 bridgehead atoms. The summed E-state index contributed by atoms with van der Waals surface area (Å²) in [5.74, 6) is 0.697. The van der Waals surface area contributed by atoms with Gasteiger partial charge in [-0.25, -0.2) is 4.79 Å². The van der Waals surface area contributed by atoms with Crippen LogP contribution in [0.25, 0.3) is 22.0 Å². The summed E-state index contributed by atoms with van der Waals surface area (Å²) in [6.07, 6.45) is 3.32. The number of aliphatic hydroxyl groups excluding tert-OH is 1. The van der Waals surface area contributed by atoms with E-state index in [0.29, 0.717) is 92.4 Å². The molecule has 1 aliphatic rings. The number of hydrogen-bond donors (Lipinski definition) is 4. The molecule has 12 nitrogen and oxygen atoms in total. The van der Waals surface area contributed by atoms with Crippen LogP contribution in [-0.4, -0.2) is 89.2 Å². The second-order valence-corrected chi connectivity index (χ2v) is 15.2. The number of carbonyl (C=O) groups excluding carboxylic acids is 3. The van der Waals surface area contributed by atoms with Crippen molar-refractivity contribution in [3.8, 4) is 22.6 Å². The molecule has 60 heavy (non-hydrogen) atoms. The maximum Gasteiger partial charge on any atom is 0.411 e. The van der Waals surface area contributed by atoms with Crippen molar-refractivity contribution >= 4 is 34.4 Å². The van der Waals surface area contributed by atoms with Crippen LogP contribution in [0.3, 0.4) is 0 Å². The average molecular weight is 819 g/mol. The Morgan fingerprint density at radius 3 is 2.45 bits per heavy atom. The highest BCUT2D eigenvalue weighted by Crippen LogP contribution is 2.32. The maximum absolute atomic E-state index is 13.0. The third kappa shape index (κ3) is 12.3. The largest absolute Gasteiger partial charge is 0.506 e. The van der Waals surface area contributed by atoms with Crippen LogP contribution in [-0.2, 0) is 27.2 Å². The molecule has 1 atom stereocenters. The number of aromatic amines is 1. The molecule has 4 aromatic carbocycles. The van der Waals surface area contributed by atoms with E-state index in [9.17, 15) is 29.4 Å². The van der Waals surface area contributed by atoms with Crippen LogP contribution in [0.4, 0.5) is 10.5 Å². The number of rotatable bonds is 18. The number of benzene rings is 4. The number of aromatic hydroxyl groups is 1. The molecule has 318 valence electrons. The van der Waals surface area contributed by atoms with Crippen molar-refractivity contribution in [3.63, 3.8) is 0 Å². The molecule has 0 aliphatic carbocycles. The predicted octanol–water partition coefficient (Wildman–Crippen LogP) is 8.06. The maximum atomic E-state index is 13.0. The van der Waals surface area contributed by atoms with Crippen LogP contribution in [0.15, 0.2) is 102 Å². The van der Waals surface area contributed by atoms with E-state index >= 15 is 0 Å². The Morgan fingerprint density at radius 1 is 0.933 bits per heavy atom. The summed E-state index contributed by atoms with van der Waals surface area (Å²) in [4.78, 5) is 56.9. The number of pyridine rings is 1. The van der Waals surface area contributed by atoms with Gasteiger partial charge in [-0.1, -0.05) is 74.2 Å². The number of ether oxygens (including phenoxy) is 2. The van der Waals surface area contributed by atoms with Crippen molar-refractivity contribution < 1.29 is 34.1 Å². The van der Waals surface area contributed by atoms with Crippen molar-refractivity contribution in [3.05, 3.63) is 124 Å². The van der Waals surface area contributed by atoms with Crippen LogP contribution in [0, 0.1) is 0 Å². The summed E-state index contributed by atoms with van der Waals surface area (Å²) < 4.78 is 11.4. The molecule has 4 N–H and O–H groups in total. The van der Waals surface area contributed by atoms with Crippen LogP contribution in [0.1, 0.15) is 75.2 Å². The van der Waals surface area contributed by atoms with Crippen molar-refractivity contribution in [2.75, 3.05) is 45.7 Å². The summed E-state index contributed by atoms with van der Waals surface area (Å²) in [7, 11) is 3.36. The summed E-state index contributed by atoms with van der Waals surface area (Å²) in [5.41, 5.74) is 5.09. The number of nitrogens with one attached hydrogen (secondary N) is 2. The summed E-state index contributed by atoms with van der Waals surface area (Å²) in [6.45, 7) is 2.59. The van der Waals surface area contributed by atoms with Crippen LogP contribution >= 0.6 is 0 Å². The van der Waals surface area contributed by atoms with Gasteiger partial charge in [0.2, 0.25) is 11.5 Å². The quantitative estimate of drug-likeness (QED) is 0.0686. The number of hydrogen-bond acceptors (Lipinski definition) is 9. The molecule has 0 saturated carbocycles. The Hall–Kier alpha value is -5.98. The predicted molar refractivity (Wildman–Crippen MR) is 235 cm³/mol. The zero-order chi connectivity index (χ0) is 41.7. The van der Waals surface area contributed by atoms with Gasteiger partial charge in [0.1, 0.15) is 23.4 Å². The normalized spacial score (nSPS) is 13.6. The summed E-state index contributed by atoms with van der Waals surface area (Å²) in [5, 5.41) is 24.6. The third-order valence-corrected chi connectivity index (χ3v) is 11.0. The molecule has 2 amide bonds. The second-order valence-electron chi connectivity index (χ2n) is 15.2. The van der Waals surface area contributed by atoms with Gasteiger partial charge in [0.25, 0.3) is 0 Å². The van der Waals surface area contributed by atoms with Gasteiger partial charge < -0.3 is 34.5 Å². The molecule has 0 radical (unpaired) electrons. The first kappa shape index (κ1) is 45.1. The standard InChI is InChI=1S/C47H54N4O8.CH4/c1-50(45(56)25-29-51-27-23-36(24-28-51)59-47(57)48-40-15-7-6-14-37(40)33-11-4-3-5-12-33)26-9-13-35(52)31-34-18-17-32(30-43(34)58-2)10-8-16-41(53)38-19-21-42(54)46-39(38)20-22-44(55)49-46;/h3-7,11-12,14-15,17-22,30,36,41,53-54H,8-10,13,16,23-29,31H2,1-2H3,(H,48,57)(H,49,55);1H4/t41-;/m0./s1. The summed E-state index contributed by atoms with van der Waals surface area (Å²) in [6, 6.07) is 29.5. The first-order valence-corrected chi connectivity index (χ1v) is 20.4. The number of H-pyrrole nitrogens is 1. The minimum atomic E-state index is -0.779. The Balaban J connectivity index is 0.00000683. The highest BCUT2D eigenvalue weighted by Gasteiger charge is 2.24. The molecule has 5 aromatic rings. The molecule has 12 heteroatoms. The van der Waals surface area contributed by atoms with Crippen molar-refractivity contribution in [2.45, 2.75) is 77.4 Å². The Kier molecular flexibility index (Phi) is 16.4. The number of ketones is 1. The van der Waals surface area contributed by atoms with Gasteiger partial charge in [-0.2, -0.15) is 0 Å². The molecule has 1 saturated heterocycles. The molecule has 1 aromatic heterocycles. The van der Waals surface area contributed by atoms with Crippen LogP contribution < -0.4 is 15.6 Å². The topological polar surface area (TPSA) is 161 Å². The zero-order valence-corrected chi connectivity index (χ0v) is 33.8. The number of likely N-dealkylation sites (tertiary alicyclic amines) is 1. The van der Waals surface area contributed by atoms with Crippen molar-refractivity contribution in [2.24, 2.45) is 0 Å². The number of methoxy groups -OCH3 is 1. The average Bonchev–Trinajstić information content (AvgIpc) is 3.24. The minimum Gasteiger partial charge on any atom is -0.506 e. The number of anilines is 1. The Bertz CT molecular complexity index is 2270. The summed E-state index contributed by atoms with van der Waals surface area (Å²) >= 11 is 0. The van der Waals surface area contributed by atoms with Crippen LogP contribution in [0.2, 0.25) is 0 Å². The van der Waals surface area contributed by atoms with E-state index in [1.54, 1.807) is 31.2 Å². The minimum absolute atomic E-state index is 0. The smallest absolute Gasteiger partial charge is 0.411 e. The number of phenols is 1. The lowest BCUT2D eigenvalue weighted by molar-refractivity contribution is -0.130. The molecular weight excluding hydrogens is 761 g/mol. The van der Waals surface area contributed by atoms with E-state index in [0.717, 1.165) is 35.3 Å². The Morgan fingerprint density at radius 2 is 1.68 bits per heavy atom. The van der Waals surface area contributed by atoms with Gasteiger partial charge in [-0.15, -0.1) is 0 Å². The number of para-hydroxylation sites is 1. The first-order chi connectivity index (χ1) is 28.6. The molecule has 1 aliphatic heterocycles. The molecule has 0 spiro atoms. The van der Waals surface area contributed by atoms with Gasteiger partial charge in [-0.3, -0.25) is 19.7 Å². The lowest BCUT2D eigenvalue weighted by atomic mass is 9.96. The van der Waals surface area contributed by atoms with Gasteiger partial charge in [-0.05, 0) is 79.5 Å². The van der Waals surface area contributed by atoms with E-state index in [4.69, 9.17) is 9.47 Å². The van der Waals surface area contributed by atoms with Crippen molar-refractivity contribution in [1.29, 1.82) is 0 Å². The molecule has 6 rings (SSSR count). The van der Waals surface area contributed by atoms with Gasteiger partial charge in [0, 0.05) is 75.1 Å². The number of fused-ring (bicyclic) bond motifs is 1. The number of nitrogens with zero attached hydrogens (tertiary/aromatic N) is 2. The first-order valence-electron chi connectivity index (χ1n) is 20.4. The number of aryl methyl sites for hydroxylation is 1. The Labute approximate surface area is 352 Å². The SMILES string of the molecule is C.COc1cc(CCC[C@H](O)c2ccc(O)c3[nH]c(=O)ccc23)ccc1CC(=O)CCCN(C)C(=O)CCN1CCC(OC(=O)Nc2ccccc2-c2ccccc2)CC1. The van der Waals surface area contributed by atoms with Gasteiger partial charge >= 0.3 is 6.09 Å². The molecule has 2 heterocycles. The molecule has 1 fully saturated rings. The number of aromatic nitrogens is 1. The van der Waals surface area contributed by atoms with Crippen LogP contribution in [0.5, 0.6) is 11.5 Å². The third-order valence-electron chi connectivity index (χ3n) is 11.0. The lowest BCUT2D eigenvalue weighted by Gasteiger charge is -2.31. The van der Waals surface area contributed by atoms with Gasteiger partial charge in [0.15, 0.2) is 0 Å². The van der Waals surface area contributed by atoms with E-state index in [1.165, 1.54) is 12.1 Å². The highest BCUT2D eigenvalue weighted by molar-refractivity contribution is 5.91. The number of piperidine rings is 1. The number of Topliss-reactive ketones (excluding diaryl/α,β-unsaturated/α-hetero) is 1. The second kappa shape index (κ2) is 21.9. The fourth-order valence-corrected chi connectivity index (χ4v) is 7.68. The number of carbonyl (C=O) groups is 3. The fourth-order valence-electron chi connectivity index (χ4n) is 7.68. The fraction of sp³-hybridized carbons (Fsp3) is 0.375. The molecule has 0 unspecified atom stereocenters.